The van der Waals surface area contributed by atoms with Crippen LogP contribution >= 0.6 is 0 Å². The van der Waals surface area contributed by atoms with Crippen LogP contribution in [0.2, 0.25) is 0 Å². The number of amides is 1. The van der Waals surface area contributed by atoms with Crippen LogP contribution in [0, 0.1) is 11.3 Å². The van der Waals surface area contributed by atoms with E-state index < -0.39 is 5.91 Å². The van der Waals surface area contributed by atoms with Gasteiger partial charge in [-0.2, -0.15) is 5.26 Å². The van der Waals surface area contributed by atoms with Crippen LogP contribution in [-0.4, -0.2) is 19.6 Å². The first kappa shape index (κ1) is 12.7. The third-order valence-electron chi connectivity index (χ3n) is 2.67. The maximum Gasteiger partial charge on any atom is 0.259 e. The highest BCUT2D eigenvalue weighted by atomic mass is 16.5. The number of methoxy groups -OCH3 is 1. The average Bonchev–Trinajstić information content (AvgIpc) is 2.43. The van der Waals surface area contributed by atoms with Gasteiger partial charge >= 0.3 is 0 Å². The molecular formula is C14H12N2O3. The maximum absolute atomic E-state index is 11.0. The second kappa shape index (κ2) is 5.27. The van der Waals surface area contributed by atoms with E-state index in [0.717, 1.165) is 5.56 Å². The second-order valence-electron chi connectivity index (χ2n) is 3.92. The van der Waals surface area contributed by atoms with Gasteiger partial charge in [-0.1, -0.05) is 12.1 Å². The molecule has 0 aliphatic carbocycles. The SMILES string of the molecule is COc1cccc2c1OCC(C=C(C#N)C(N)=O)=C2. The molecule has 96 valence electrons. The zero-order chi connectivity index (χ0) is 13.8. The van der Waals surface area contributed by atoms with E-state index in [4.69, 9.17) is 20.5 Å². The number of nitrogens with zero attached hydrogens (tertiary/aromatic N) is 1. The Hall–Kier alpha value is -2.74. The molecule has 5 heteroatoms. The van der Waals surface area contributed by atoms with Crippen molar-refractivity contribution in [2.75, 3.05) is 13.7 Å². The first-order chi connectivity index (χ1) is 9.15. The van der Waals surface area contributed by atoms with Crippen LogP contribution < -0.4 is 15.2 Å². The van der Waals surface area contributed by atoms with E-state index >= 15 is 0 Å². The van der Waals surface area contributed by atoms with Crippen molar-refractivity contribution in [3.63, 3.8) is 0 Å². The van der Waals surface area contributed by atoms with Crippen LogP contribution in [0.15, 0.2) is 35.4 Å². The number of fused-ring (bicyclic) bond motifs is 1. The predicted molar refractivity (Wildman–Crippen MR) is 69.4 cm³/mol. The molecule has 1 aliphatic heterocycles. The van der Waals surface area contributed by atoms with Crippen LogP contribution in [0.3, 0.4) is 0 Å². The van der Waals surface area contributed by atoms with Crippen LogP contribution in [0.4, 0.5) is 0 Å². The maximum atomic E-state index is 11.0. The number of nitriles is 1. The lowest BCUT2D eigenvalue weighted by molar-refractivity contribution is -0.114. The van der Waals surface area contributed by atoms with Gasteiger partial charge in [0.25, 0.3) is 5.91 Å². The van der Waals surface area contributed by atoms with Crippen molar-refractivity contribution in [3.05, 3.63) is 41.0 Å². The number of carbonyl (C=O) groups excluding carboxylic acids is 1. The van der Waals surface area contributed by atoms with E-state index in [1.807, 2.05) is 18.2 Å². The predicted octanol–water partition coefficient (Wildman–Crippen LogP) is 1.41. The van der Waals surface area contributed by atoms with Crippen molar-refractivity contribution >= 4 is 12.0 Å². The summed E-state index contributed by atoms with van der Waals surface area (Å²) in [7, 11) is 1.57. The minimum Gasteiger partial charge on any atom is -0.493 e. The number of hydrogen-bond acceptors (Lipinski definition) is 4. The highest BCUT2D eigenvalue weighted by Crippen LogP contribution is 2.35. The molecule has 5 nitrogen and oxygen atoms in total. The van der Waals surface area contributed by atoms with E-state index in [0.29, 0.717) is 17.1 Å². The van der Waals surface area contributed by atoms with Crippen molar-refractivity contribution in [3.8, 4) is 17.6 Å². The molecule has 0 radical (unpaired) electrons. The Labute approximate surface area is 110 Å². The first-order valence-corrected chi connectivity index (χ1v) is 5.57. The summed E-state index contributed by atoms with van der Waals surface area (Å²) in [5.41, 5.74) is 6.53. The van der Waals surface area contributed by atoms with Gasteiger partial charge in [0, 0.05) is 5.56 Å². The molecule has 0 saturated heterocycles. The minimum atomic E-state index is -0.750. The molecule has 0 bridgehead atoms. The smallest absolute Gasteiger partial charge is 0.259 e. The lowest BCUT2D eigenvalue weighted by Gasteiger charge is -2.18. The van der Waals surface area contributed by atoms with Gasteiger partial charge in [-0.25, -0.2) is 0 Å². The lowest BCUT2D eigenvalue weighted by Crippen LogP contribution is -2.14. The topological polar surface area (TPSA) is 85.3 Å². The van der Waals surface area contributed by atoms with E-state index in [9.17, 15) is 4.79 Å². The van der Waals surface area contributed by atoms with Gasteiger partial charge in [0.1, 0.15) is 18.2 Å². The molecule has 2 rings (SSSR count). The first-order valence-electron chi connectivity index (χ1n) is 5.57. The van der Waals surface area contributed by atoms with E-state index in [2.05, 4.69) is 0 Å². The lowest BCUT2D eigenvalue weighted by atomic mass is 10.0. The normalized spacial score (nSPS) is 13.7. The largest absolute Gasteiger partial charge is 0.493 e. The van der Waals surface area contributed by atoms with E-state index in [1.165, 1.54) is 6.08 Å². The Morgan fingerprint density at radius 3 is 3.00 bits per heavy atom. The molecule has 19 heavy (non-hydrogen) atoms. The summed E-state index contributed by atoms with van der Waals surface area (Å²) in [6.45, 7) is 0.256. The summed E-state index contributed by atoms with van der Waals surface area (Å²) in [5, 5.41) is 8.80. The molecule has 2 N–H and O–H groups in total. The molecule has 0 fully saturated rings. The summed E-state index contributed by atoms with van der Waals surface area (Å²) in [4.78, 5) is 11.0. The molecule has 0 aromatic heterocycles. The number of ether oxygens (including phenoxy) is 2. The van der Waals surface area contributed by atoms with Gasteiger partial charge in [0.15, 0.2) is 11.5 Å². The zero-order valence-corrected chi connectivity index (χ0v) is 10.3. The van der Waals surface area contributed by atoms with Gasteiger partial charge in [0.2, 0.25) is 0 Å². The number of primary amides is 1. The third-order valence-corrected chi connectivity index (χ3v) is 2.67. The monoisotopic (exact) mass is 256 g/mol. The summed E-state index contributed by atoms with van der Waals surface area (Å²) in [5.74, 6) is 0.548. The van der Waals surface area contributed by atoms with Gasteiger partial charge in [-0.05, 0) is 23.8 Å². The summed E-state index contributed by atoms with van der Waals surface area (Å²) < 4.78 is 10.8. The zero-order valence-electron chi connectivity index (χ0n) is 10.3. The Morgan fingerprint density at radius 1 is 1.58 bits per heavy atom. The van der Waals surface area contributed by atoms with Gasteiger partial charge in [0.05, 0.1) is 7.11 Å². The van der Waals surface area contributed by atoms with Crippen LogP contribution in [0.25, 0.3) is 6.08 Å². The van der Waals surface area contributed by atoms with Gasteiger partial charge < -0.3 is 15.2 Å². The van der Waals surface area contributed by atoms with Crippen molar-refractivity contribution in [1.82, 2.24) is 0 Å². The average molecular weight is 256 g/mol. The fourth-order valence-corrected chi connectivity index (χ4v) is 1.79. The molecule has 0 atom stereocenters. The number of nitrogens with two attached hydrogens (primary N) is 1. The third kappa shape index (κ3) is 2.58. The molecule has 1 aromatic carbocycles. The molecule has 1 heterocycles. The molecular weight excluding hydrogens is 244 g/mol. The van der Waals surface area contributed by atoms with Crippen molar-refractivity contribution in [1.29, 1.82) is 5.26 Å². The fraction of sp³-hybridized carbons (Fsp3) is 0.143. The molecule has 1 aromatic rings. The summed E-state index contributed by atoms with van der Waals surface area (Å²) >= 11 is 0. The minimum absolute atomic E-state index is 0.0961. The Bertz CT molecular complexity index is 624. The number of rotatable bonds is 3. The molecule has 0 saturated carbocycles. The number of benzene rings is 1. The van der Waals surface area contributed by atoms with Crippen LogP contribution in [-0.2, 0) is 4.79 Å². The van der Waals surface area contributed by atoms with Crippen molar-refractivity contribution in [2.45, 2.75) is 0 Å². The quantitative estimate of drug-likeness (QED) is 0.654. The van der Waals surface area contributed by atoms with Gasteiger partial charge in [-0.3, -0.25) is 4.79 Å². The highest BCUT2D eigenvalue weighted by Gasteiger charge is 2.15. The number of hydrogen-bond donors (Lipinski definition) is 1. The van der Waals surface area contributed by atoms with E-state index in [-0.39, 0.29) is 12.2 Å². The summed E-state index contributed by atoms with van der Waals surface area (Å²) in [6, 6.07) is 7.26. The van der Waals surface area contributed by atoms with E-state index in [1.54, 1.807) is 19.2 Å². The Morgan fingerprint density at radius 2 is 2.37 bits per heavy atom. The molecule has 1 amide bonds. The molecule has 0 unspecified atom stereocenters. The number of para-hydroxylation sites is 1. The standard InChI is InChI=1S/C14H12N2O3/c1-18-12-4-2-3-10-5-9(8-19-13(10)12)6-11(7-15)14(16)17/h2-6H,8H2,1H3,(H2,16,17). The summed E-state index contributed by atoms with van der Waals surface area (Å²) in [6.07, 6.45) is 3.27. The Kier molecular flexibility index (Phi) is 3.53. The van der Waals surface area contributed by atoms with Gasteiger partial charge in [-0.15, -0.1) is 0 Å². The number of carbonyl (C=O) groups is 1. The molecule has 1 aliphatic rings. The van der Waals surface area contributed by atoms with Crippen LogP contribution in [0.5, 0.6) is 11.5 Å². The van der Waals surface area contributed by atoms with Crippen molar-refractivity contribution in [2.24, 2.45) is 5.73 Å². The van der Waals surface area contributed by atoms with Crippen LogP contribution in [0.1, 0.15) is 5.56 Å². The second-order valence-corrected chi connectivity index (χ2v) is 3.92. The fourth-order valence-electron chi connectivity index (χ4n) is 1.79. The van der Waals surface area contributed by atoms with Crippen molar-refractivity contribution < 1.29 is 14.3 Å². The highest BCUT2D eigenvalue weighted by molar-refractivity contribution is 5.96. The Balaban J connectivity index is 2.40. The molecule has 0 spiro atoms.